The Labute approximate surface area is 34.8 Å². The summed E-state index contributed by atoms with van der Waals surface area (Å²) in [6, 6.07) is 0. The van der Waals surface area contributed by atoms with E-state index in [4.69, 9.17) is 11.3 Å². The Morgan fingerprint density at radius 1 is 1.83 bits per heavy atom. The van der Waals surface area contributed by atoms with Gasteiger partial charge in [0.2, 0.25) is 0 Å². The second kappa shape index (κ2) is 2.34. The number of carbonyl (C=O) groups is 1. The average molecular weight is 86.1 g/mol. The minimum absolute atomic E-state index is 0.535. The molecule has 4 heteroatoms. The number of hydrogen-bond donors (Lipinski definition) is 2. The number of nitrogens with one attached hydrogen (secondary N) is 3. The van der Waals surface area contributed by atoms with Gasteiger partial charge in [0.05, 0.1) is 6.21 Å². The zero-order chi connectivity index (χ0) is 4.99. The molecule has 0 heterocycles. The molecule has 4 nitrogen and oxygen atoms in total. The predicted octanol–water partition coefficient (Wildman–Crippen LogP) is -1.05. The van der Waals surface area contributed by atoms with Crippen LogP contribution in [0.4, 0.5) is 0 Å². The second-order valence-electron chi connectivity index (χ2n) is 0.634. The summed E-state index contributed by atoms with van der Waals surface area (Å²) in [4.78, 5) is 9.64. The molecule has 0 atom stereocenters. The van der Waals surface area contributed by atoms with Gasteiger partial charge in [-0.3, -0.25) is 10.2 Å². The van der Waals surface area contributed by atoms with Crippen molar-refractivity contribution in [3.8, 4) is 0 Å². The minimum atomic E-state index is -0.699. The summed E-state index contributed by atoms with van der Waals surface area (Å²) < 4.78 is 0. The lowest BCUT2D eigenvalue weighted by atomic mass is 10.7. The Morgan fingerprint density at radius 3 is 2.33 bits per heavy atom. The third-order valence-corrected chi connectivity index (χ3v) is 0.254. The lowest BCUT2D eigenvalue weighted by Gasteiger charge is -1.79. The number of rotatable bonds is 1. The summed E-state index contributed by atoms with van der Waals surface area (Å²) in [5, 5.41) is 6.15. The van der Waals surface area contributed by atoms with Gasteiger partial charge in [-0.1, -0.05) is 0 Å². The summed E-state index contributed by atoms with van der Waals surface area (Å²) in [6.45, 7) is 0. The molecule has 0 saturated heterocycles. The molecule has 1 amide bonds. The van der Waals surface area contributed by atoms with E-state index in [1.807, 2.05) is 0 Å². The van der Waals surface area contributed by atoms with Crippen LogP contribution in [-0.2, 0) is 4.79 Å². The third kappa shape index (κ3) is 1.42. The van der Waals surface area contributed by atoms with Crippen molar-refractivity contribution in [2.24, 2.45) is 0 Å². The lowest BCUT2D eigenvalue weighted by molar-refractivity contribution is -0.114. The van der Waals surface area contributed by atoms with Gasteiger partial charge >= 0.3 is 0 Å². The molecule has 0 saturated carbocycles. The number of carbonyl (C=O) groups excluding carboxylic acids is 1. The Bertz CT molecular complexity index is 69.2. The number of hydrogen-bond acceptors (Lipinski definition) is 2. The maximum Gasteiger partial charge on any atom is 0.276 e. The molecule has 0 unspecified atom stereocenters. The van der Waals surface area contributed by atoms with Crippen molar-refractivity contribution in [1.29, 1.82) is 5.41 Å². The van der Waals surface area contributed by atoms with E-state index >= 15 is 0 Å². The molecular weight excluding hydrogens is 82.0 g/mol. The molecule has 0 fully saturated rings. The lowest BCUT2D eigenvalue weighted by Crippen LogP contribution is -2.20. The Morgan fingerprint density at radius 2 is 2.33 bits per heavy atom. The number of amides is 1. The van der Waals surface area contributed by atoms with Crippen LogP contribution in [-0.4, -0.2) is 12.1 Å². The van der Waals surface area contributed by atoms with Crippen molar-refractivity contribution in [3.63, 3.8) is 0 Å². The van der Waals surface area contributed by atoms with Crippen LogP contribution in [0.3, 0.4) is 0 Å². The van der Waals surface area contributed by atoms with Crippen LogP contribution in [0.1, 0.15) is 0 Å². The smallest absolute Gasteiger partial charge is 0.276 e. The molecule has 1 radical (unpaired) electrons. The molecule has 0 aliphatic rings. The van der Waals surface area contributed by atoms with Crippen molar-refractivity contribution in [2.45, 2.75) is 0 Å². The first-order valence-corrected chi connectivity index (χ1v) is 1.28. The fraction of sp³-hybridized carbons (Fsp3) is 0. The van der Waals surface area contributed by atoms with E-state index in [1.165, 1.54) is 5.43 Å². The van der Waals surface area contributed by atoms with Crippen LogP contribution in [0.25, 0.3) is 0 Å². The van der Waals surface area contributed by atoms with Gasteiger partial charge in [-0.15, -0.1) is 0 Å². The van der Waals surface area contributed by atoms with Gasteiger partial charge < -0.3 is 5.41 Å². The highest BCUT2D eigenvalue weighted by atomic mass is 16.2. The van der Waals surface area contributed by atoms with Crippen LogP contribution in [0.2, 0.25) is 0 Å². The summed E-state index contributed by atoms with van der Waals surface area (Å²) in [5.74, 6) is 5.36. The van der Waals surface area contributed by atoms with E-state index in [9.17, 15) is 4.79 Å². The molecular formula is C2H4N3O. The van der Waals surface area contributed by atoms with E-state index in [-0.39, 0.29) is 0 Å². The van der Waals surface area contributed by atoms with Crippen LogP contribution >= 0.6 is 0 Å². The van der Waals surface area contributed by atoms with Gasteiger partial charge in [0, 0.05) is 0 Å². The molecule has 0 aliphatic carbocycles. The van der Waals surface area contributed by atoms with Gasteiger partial charge in [0.1, 0.15) is 0 Å². The zero-order valence-electron chi connectivity index (χ0n) is 2.99. The van der Waals surface area contributed by atoms with Gasteiger partial charge in [0.15, 0.2) is 0 Å². The van der Waals surface area contributed by atoms with Crippen molar-refractivity contribution in [2.75, 3.05) is 0 Å². The SMILES string of the molecule is [NH]NC(=O)C=N. The molecule has 0 spiro atoms. The van der Waals surface area contributed by atoms with Crippen molar-refractivity contribution < 1.29 is 4.79 Å². The monoisotopic (exact) mass is 86.0 g/mol. The highest BCUT2D eigenvalue weighted by molar-refractivity contribution is 6.24. The van der Waals surface area contributed by atoms with Crippen LogP contribution in [0.5, 0.6) is 0 Å². The van der Waals surface area contributed by atoms with E-state index in [0.29, 0.717) is 6.21 Å². The molecule has 33 valence electrons. The van der Waals surface area contributed by atoms with Crippen LogP contribution in [0.15, 0.2) is 0 Å². The van der Waals surface area contributed by atoms with E-state index in [1.54, 1.807) is 0 Å². The van der Waals surface area contributed by atoms with Crippen molar-refractivity contribution >= 4 is 12.1 Å². The summed E-state index contributed by atoms with van der Waals surface area (Å²) in [5.41, 5.74) is 1.48. The fourth-order valence-electron chi connectivity index (χ4n) is 0.0361. The van der Waals surface area contributed by atoms with Crippen LogP contribution in [0, 0.1) is 5.41 Å². The van der Waals surface area contributed by atoms with Gasteiger partial charge in [-0.2, -0.15) is 5.84 Å². The first kappa shape index (κ1) is 5.10. The summed E-state index contributed by atoms with van der Waals surface area (Å²) >= 11 is 0. The normalized spacial score (nSPS) is 6.83. The minimum Gasteiger partial charge on any atom is -0.303 e. The molecule has 0 aliphatic heterocycles. The van der Waals surface area contributed by atoms with Crippen LogP contribution < -0.4 is 11.3 Å². The molecule has 0 aromatic heterocycles. The Balaban J connectivity index is 3.23. The maximum atomic E-state index is 9.64. The van der Waals surface area contributed by atoms with Crippen molar-refractivity contribution in [3.05, 3.63) is 0 Å². The van der Waals surface area contributed by atoms with E-state index < -0.39 is 5.91 Å². The largest absolute Gasteiger partial charge is 0.303 e. The summed E-state index contributed by atoms with van der Waals surface area (Å²) in [6.07, 6.45) is 0.535. The Kier molecular flexibility index (Phi) is 1.99. The molecule has 0 rings (SSSR count). The maximum absolute atomic E-state index is 9.64. The first-order valence-electron chi connectivity index (χ1n) is 1.28. The molecule has 0 aromatic rings. The average Bonchev–Trinajstić information content (AvgIpc) is 1.65. The third-order valence-electron chi connectivity index (χ3n) is 0.254. The molecule has 3 N–H and O–H groups in total. The quantitative estimate of drug-likeness (QED) is 0.310. The topological polar surface area (TPSA) is 76.8 Å². The predicted molar refractivity (Wildman–Crippen MR) is 20.0 cm³/mol. The van der Waals surface area contributed by atoms with E-state index in [0.717, 1.165) is 0 Å². The fourth-order valence-corrected chi connectivity index (χ4v) is 0.0361. The first-order chi connectivity index (χ1) is 2.81. The molecule has 6 heavy (non-hydrogen) atoms. The zero-order valence-corrected chi connectivity index (χ0v) is 2.99. The van der Waals surface area contributed by atoms with Gasteiger partial charge in [0.25, 0.3) is 5.91 Å². The Hall–Kier alpha value is -0.900. The van der Waals surface area contributed by atoms with Gasteiger partial charge in [-0.25, -0.2) is 0 Å². The van der Waals surface area contributed by atoms with Crippen molar-refractivity contribution in [1.82, 2.24) is 11.3 Å². The van der Waals surface area contributed by atoms with E-state index in [2.05, 4.69) is 0 Å². The highest BCUT2D eigenvalue weighted by Gasteiger charge is 1.82. The van der Waals surface area contributed by atoms with Gasteiger partial charge in [-0.05, 0) is 0 Å². The molecule has 0 aromatic carbocycles. The standard InChI is InChI=1S/C2H4N3O/c3-1-2(6)5-4/h1,3-4H,(H,5,6). The molecule has 0 bridgehead atoms. The summed E-state index contributed by atoms with van der Waals surface area (Å²) in [7, 11) is 0. The second-order valence-corrected chi connectivity index (χ2v) is 0.634. The highest BCUT2D eigenvalue weighted by Crippen LogP contribution is 1.42.